The van der Waals surface area contributed by atoms with Gasteiger partial charge in [0.1, 0.15) is 17.1 Å². The van der Waals surface area contributed by atoms with Crippen molar-refractivity contribution >= 4 is 34.8 Å². The number of carboxylic acids is 1. The highest BCUT2D eigenvalue weighted by Crippen LogP contribution is 2.38. The van der Waals surface area contributed by atoms with E-state index in [1.165, 1.54) is 19.3 Å². The van der Waals surface area contributed by atoms with Crippen LogP contribution in [0.4, 0.5) is 0 Å². The van der Waals surface area contributed by atoms with Gasteiger partial charge in [-0.2, -0.15) is 0 Å². The van der Waals surface area contributed by atoms with E-state index in [-0.39, 0.29) is 36.0 Å². The van der Waals surface area contributed by atoms with E-state index in [0.29, 0.717) is 12.4 Å². The smallest absolute Gasteiger partial charge is 0.306 e. The van der Waals surface area contributed by atoms with Crippen LogP contribution in [0.15, 0.2) is 53.2 Å². The quantitative estimate of drug-likeness (QED) is 0.235. The largest absolute Gasteiger partial charge is 0.507 e. The standard InChI is InChI=1S/C23H22O5.C5H8O4/c1-26-23-14-20(25)17(13-18(23)22-4-2-3-10-27-22)19(24)7-5-15-6-8-21-16(12-15)9-11-28-21;1-9-5(8)3-2-4(6)7/h5-9,11-14,22,25H,2-4,10H2,1H3;2-3H2,1H3,(H,6,7)/b7-5+;. The van der Waals surface area contributed by atoms with Gasteiger partial charge in [-0.15, -0.1) is 0 Å². The fraction of sp³-hybridized carbons (Fsp3) is 0.321. The average molecular weight is 511 g/mol. The minimum Gasteiger partial charge on any atom is -0.507 e. The number of hydrogen-bond acceptors (Lipinski definition) is 8. The summed E-state index contributed by atoms with van der Waals surface area (Å²) in [6.07, 6.45) is 7.47. The van der Waals surface area contributed by atoms with Gasteiger partial charge < -0.3 is 28.8 Å². The summed E-state index contributed by atoms with van der Waals surface area (Å²) >= 11 is 0. The highest BCUT2D eigenvalue weighted by Gasteiger charge is 2.23. The van der Waals surface area contributed by atoms with Gasteiger partial charge in [-0.05, 0) is 55.2 Å². The van der Waals surface area contributed by atoms with Gasteiger partial charge in [-0.3, -0.25) is 14.4 Å². The van der Waals surface area contributed by atoms with Crippen LogP contribution in [0.25, 0.3) is 17.0 Å². The van der Waals surface area contributed by atoms with Crippen molar-refractivity contribution < 1.29 is 43.2 Å². The molecule has 0 spiro atoms. The van der Waals surface area contributed by atoms with Gasteiger partial charge in [0.25, 0.3) is 0 Å². The summed E-state index contributed by atoms with van der Waals surface area (Å²) in [6.45, 7) is 0.689. The minimum absolute atomic E-state index is 0.0498. The Morgan fingerprint density at radius 1 is 1.08 bits per heavy atom. The number of fused-ring (bicyclic) bond motifs is 1. The molecule has 2 N–H and O–H groups in total. The van der Waals surface area contributed by atoms with Crippen molar-refractivity contribution in [1.29, 1.82) is 0 Å². The molecule has 196 valence electrons. The molecule has 0 saturated carbocycles. The molecule has 3 aromatic rings. The van der Waals surface area contributed by atoms with Gasteiger partial charge in [-0.25, -0.2) is 0 Å². The van der Waals surface area contributed by atoms with Crippen molar-refractivity contribution in [2.24, 2.45) is 0 Å². The molecule has 37 heavy (non-hydrogen) atoms. The number of carboxylic acid groups (broad SMARTS) is 1. The molecule has 4 rings (SSSR count). The molecule has 1 aromatic heterocycles. The van der Waals surface area contributed by atoms with Gasteiger partial charge in [0.15, 0.2) is 5.78 Å². The van der Waals surface area contributed by atoms with E-state index < -0.39 is 11.9 Å². The van der Waals surface area contributed by atoms with Crippen LogP contribution in [0.2, 0.25) is 0 Å². The summed E-state index contributed by atoms with van der Waals surface area (Å²) in [7, 11) is 2.78. The van der Waals surface area contributed by atoms with Gasteiger partial charge >= 0.3 is 11.9 Å². The number of methoxy groups -OCH3 is 2. The maximum Gasteiger partial charge on any atom is 0.306 e. The van der Waals surface area contributed by atoms with Crippen molar-refractivity contribution in [3.05, 3.63) is 65.4 Å². The Hall–Kier alpha value is -4.11. The van der Waals surface area contributed by atoms with Crippen molar-refractivity contribution in [1.82, 2.24) is 0 Å². The summed E-state index contributed by atoms with van der Waals surface area (Å²) in [5, 5.41) is 19.4. The van der Waals surface area contributed by atoms with E-state index in [0.717, 1.165) is 41.4 Å². The van der Waals surface area contributed by atoms with Crippen LogP contribution < -0.4 is 4.74 Å². The average Bonchev–Trinajstić information content (AvgIpc) is 3.39. The lowest BCUT2D eigenvalue weighted by atomic mass is 9.96. The molecule has 0 amide bonds. The van der Waals surface area contributed by atoms with E-state index in [2.05, 4.69) is 4.74 Å². The van der Waals surface area contributed by atoms with E-state index in [4.69, 9.17) is 19.0 Å². The lowest BCUT2D eigenvalue weighted by Crippen LogP contribution is -2.13. The normalized spacial score (nSPS) is 15.1. The highest BCUT2D eigenvalue weighted by molar-refractivity contribution is 6.09. The van der Waals surface area contributed by atoms with Crippen molar-refractivity contribution in [3.8, 4) is 11.5 Å². The Labute approximate surface area is 214 Å². The molecule has 1 fully saturated rings. The molecule has 2 heterocycles. The van der Waals surface area contributed by atoms with Crippen LogP contribution in [0.3, 0.4) is 0 Å². The predicted octanol–water partition coefficient (Wildman–Crippen LogP) is 5.31. The van der Waals surface area contributed by atoms with Gasteiger partial charge in [-0.1, -0.05) is 12.1 Å². The topological polar surface area (TPSA) is 133 Å². The first-order valence-corrected chi connectivity index (χ1v) is 11.8. The number of ketones is 1. The molecule has 1 saturated heterocycles. The summed E-state index contributed by atoms with van der Waals surface area (Å²) in [5.41, 5.74) is 2.72. The van der Waals surface area contributed by atoms with Crippen LogP contribution in [-0.4, -0.2) is 48.8 Å². The summed E-state index contributed by atoms with van der Waals surface area (Å²) in [4.78, 5) is 32.8. The molecule has 1 aliphatic rings. The maximum atomic E-state index is 12.7. The van der Waals surface area contributed by atoms with Crippen LogP contribution in [0.1, 0.15) is 59.7 Å². The van der Waals surface area contributed by atoms with E-state index in [1.807, 2.05) is 24.3 Å². The third-order valence-electron chi connectivity index (χ3n) is 5.81. The molecular weight excluding hydrogens is 480 g/mol. The fourth-order valence-electron chi connectivity index (χ4n) is 3.86. The van der Waals surface area contributed by atoms with Crippen LogP contribution in [0.5, 0.6) is 11.5 Å². The number of benzene rings is 2. The first-order chi connectivity index (χ1) is 17.8. The Morgan fingerprint density at radius 2 is 1.89 bits per heavy atom. The number of allylic oxidation sites excluding steroid dienone is 1. The lowest BCUT2D eigenvalue weighted by molar-refractivity contribution is -0.145. The fourth-order valence-corrected chi connectivity index (χ4v) is 3.86. The lowest BCUT2D eigenvalue weighted by Gasteiger charge is -2.25. The highest BCUT2D eigenvalue weighted by atomic mass is 16.5. The first kappa shape index (κ1) is 27.5. The van der Waals surface area contributed by atoms with Crippen LogP contribution in [0, 0.1) is 0 Å². The second-order valence-corrected chi connectivity index (χ2v) is 8.35. The Balaban J connectivity index is 0.000000364. The Kier molecular flexibility index (Phi) is 9.85. The molecular formula is C28H30O9. The number of phenols is 1. The van der Waals surface area contributed by atoms with Crippen LogP contribution in [-0.2, 0) is 19.1 Å². The second-order valence-electron chi connectivity index (χ2n) is 8.35. The maximum absolute atomic E-state index is 12.7. The number of phenolic OH excluding ortho intramolecular Hbond substituents is 1. The van der Waals surface area contributed by atoms with Crippen molar-refractivity contribution in [2.75, 3.05) is 20.8 Å². The second kappa shape index (κ2) is 13.3. The van der Waals surface area contributed by atoms with E-state index >= 15 is 0 Å². The third-order valence-corrected chi connectivity index (χ3v) is 5.81. The summed E-state index contributed by atoms with van der Waals surface area (Å²) in [5.74, 6) is -1.31. The number of carbonyl (C=O) groups excluding carboxylic acids is 2. The molecule has 1 aliphatic heterocycles. The molecule has 0 radical (unpaired) electrons. The molecule has 9 heteroatoms. The van der Waals surface area contributed by atoms with Crippen molar-refractivity contribution in [2.45, 2.75) is 38.2 Å². The number of aromatic hydroxyl groups is 1. The molecule has 1 atom stereocenters. The first-order valence-electron chi connectivity index (χ1n) is 11.8. The van der Waals surface area contributed by atoms with Crippen LogP contribution >= 0.6 is 0 Å². The van der Waals surface area contributed by atoms with Crippen molar-refractivity contribution in [3.63, 3.8) is 0 Å². The number of esters is 1. The van der Waals surface area contributed by atoms with E-state index in [1.54, 1.807) is 25.5 Å². The zero-order valence-electron chi connectivity index (χ0n) is 20.8. The third kappa shape index (κ3) is 7.68. The number of aliphatic carboxylic acids is 1. The molecule has 2 aromatic carbocycles. The zero-order chi connectivity index (χ0) is 26.8. The molecule has 9 nitrogen and oxygen atoms in total. The monoisotopic (exact) mass is 510 g/mol. The predicted molar refractivity (Wildman–Crippen MR) is 136 cm³/mol. The summed E-state index contributed by atoms with van der Waals surface area (Å²) < 4.78 is 20.8. The zero-order valence-corrected chi connectivity index (χ0v) is 20.8. The number of carbonyl (C=O) groups is 3. The summed E-state index contributed by atoms with van der Waals surface area (Å²) in [6, 6.07) is 10.7. The Morgan fingerprint density at radius 3 is 2.57 bits per heavy atom. The number of rotatable bonds is 8. The number of hydrogen-bond donors (Lipinski definition) is 2. The molecule has 1 unspecified atom stereocenters. The number of furan rings is 1. The molecule has 0 bridgehead atoms. The minimum atomic E-state index is -0.986. The number of ether oxygens (including phenoxy) is 3. The SMILES string of the molecule is COC(=O)CCC(=O)O.COc1cc(O)c(C(=O)/C=C/c2ccc3occc3c2)cc1C1CCCCO1. The van der Waals surface area contributed by atoms with Gasteiger partial charge in [0.2, 0.25) is 0 Å². The Bertz CT molecular complexity index is 1270. The van der Waals surface area contributed by atoms with Gasteiger partial charge in [0.05, 0.1) is 45.0 Å². The van der Waals surface area contributed by atoms with Gasteiger partial charge in [0, 0.05) is 23.6 Å². The molecule has 0 aliphatic carbocycles. The van der Waals surface area contributed by atoms with E-state index in [9.17, 15) is 19.5 Å².